The monoisotopic (exact) mass is 371 g/mol. The first kappa shape index (κ1) is 19.9. The number of carbonyl (C=O) groups excluding carboxylic acids is 2. The first-order valence-electron chi connectivity index (χ1n) is 8.55. The second kappa shape index (κ2) is 9.35. The van der Waals surface area contributed by atoms with Gasteiger partial charge >= 0.3 is 12.6 Å². The fourth-order valence-corrected chi connectivity index (χ4v) is 2.84. The van der Waals surface area contributed by atoms with E-state index in [1.807, 2.05) is 0 Å². The number of rotatable bonds is 7. The molecule has 0 spiro atoms. The van der Waals surface area contributed by atoms with E-state index in [1.165, 1.54) is 38.7 Å². The maximum Gasteiger partial charge on any atom is 0.387 e. The number of methoxy groups -OCH3 is 1. The van der Waals surface area contributed by atoms with Gasteiger partial charge in [-0.2, -0.15) is 8.78 Å². The minimum atomic E-state index is -3.01. The predicted octanol–water partition coefficient (Wildman–Crippen LogP) is 3.29. The molecular formula is C18H23F2NO5. The zero-order valence-corrected chi connectivity index (χ0v) is 14.8. The van der Waals surface area contributed by atoms with E-state index in [0.717, 1.165) is 25.7 Å². The lowest BCUT2D eigenvalue weighted by Crippen LogP contribution is -2.42. The van der Waals surface area contributed by atoms with Gasteiger partial charge in [0.2, 0.25) is 0 Å². The highest BCUT2D eigenvalue weighted by Crippen LogP contribution is 2.29. The lowest BCUT2D eigenvalue weighted by molar-refractivity contribution is -0.130. The fraction of sp³-hybridized carbons (Fsp3) is 0.556. The largest absolute Gasteiger partial charge is 0.493 e. The molecule has 26 heavy (non-hydrogen) atoms. The minimum Gasteiger partial charge on any atom is -0.493 e. The Labute approximate surface area is 150 Å². The topological polar surface area (TPSA) is 73.9 Å². The Morgan fingerprint density at radius 2 is 1.85 bits per heavy atom. The molecule has 0 saturated heterocycles. The number of hydrogen-bond donors (Lipinski definition) is 1. The highest BCUT2D eigenvalue weighted by atomic mass is 19.3. The Bertz CT molecular complexity index is 632. The van der Waals surface area contributed by atoms with E-state index < -0.39 is 18.7 Å². The van der Waals surface area contributed by atoms with Crippen molar-refractivity contribution < 1.29 is 32.6 Å². The number of esters is 1. The van der Waals surface area contributed by atoms with Crippen LogP contribution in [0.4, 0.5) is 8.78 Å². The zero-order chi connectivity index (χ0) is 19.1. The molecule has 1 unspecified atom stereocenters. The fourth-order valence-electron chi connectivity index (χ4n) is 2.84. The van der Waals surface area contributed by atoms with E-state index >= 15 is 0 Å². The molecule has 1 amide bonds. The maximum atomic E-state index is 12.3. The minimum absolute atomic E-state index is 0.0286. The number of amides is 1. The third-order valence-electron chi connectivity index (χ3n) is 4.22. The molecule has 1 fully saturated rings. The summed E-state index contributed by atoms with van der Waals surface area (Å²) in [5, 5.41) is 2.88. The average Bonchev–Trinajstić information content (AvgIpc) is 2.62. The summed E-state index contributed by atoms with van der Waals surface area (Å²) in [6.07, 6.45) is 4.21. The molecule has 0 radical (unpaired) electrons. The van der Waals surface area contributed by atoms with E-state index in [9.17, 15) is 18.4 Å². The molecule has 0 aliphatic heterocycles. The number of hydrogen-bond acceptors (Lipinski definition) is 5. The van der Waals surface area contributed by atoms with Crippen molar-refractivity contribution in [3.05, 3.63) is 23.8 Å². The molecule has 0 bridgehead atoms. The molecule has 1 aliphatic rings. The van der Waals surface area contributed by atoms with Gasteiger partial charge in [0.15, 0.2) is 17.6 Å². The summed E-state index contributed by atoms with van der Waals surface area (Å²) in [6.45, 7) is -1.52. The first-order valence-corrected chi connectivity index (χ1v) is 8.55. The summed E-state index contributed by atoms with van der Waals surface area (Å²) in [7, 11) is 1.27. The summed E-state index contributed by atoms with van der Waals surface area (Å²) in [4.78, 5) is 24.4. The van der Waals surface area contributed by atoms with Crippen molar-refractivity contribution in [3.8, 4) is 11.5 Å². The second-order valence-corrected chi connectivity index (χ2v) is 6.14. The third-order valence-corrected chi connectivity index (χ3v) is 4.22. The Morgan fingerprint density at radius 3 is 2.46 bits per heavy atom. The molecule has 1 saturated carbocycles. The van der Waals surface area contributed by atoms with Gasteiger partial charge in [-0.25, -0.2) is 4.79 Å². The van der Waals surface area contributed by atoms with Gasteiger partial charge in [0.1, 0.15) is 0 Å². The Hall–Kier alpha value is -2.38. The summed E-state index contributed by atoms with van der Waals surface area (Å²) >= 11 is 0. The van der Waals surface area contributed by atoms with Gasteiger partial charge in [0.25, 0.3) is 5.91 Å². The van der Waals surface area contributed by atoms with Crippen molar-refractivity contribution >= 4 is 11.9 Å². The molecule has 1 aromatic carbocycles. The van der Waals surface area contributed by atoms with Gasteiger partial charge < -0.3 is 19.5 Å². The lowest BCUT2D eigenvalue weighted by Gasteiger charge is -2.24. The highest BCUT2D eigenvalue weighted by Gasteiger charge is 2.23. The third kappa shape index (κ3) is 5.57. The van der Waals surface area contributed by atoms with Crippen LogP contribution in [0.5, 0.6) is 11.5 Å². The van der Waals surface area contributed by atoms with Crippen LogP contribution in [0.25, 0.3) is 0 Å². The van der Waals surface area contributed by atoms with E-state index in [1.54, 1.807) is 0 Å². The van der Waals surface area contributed by atoms with Crippen molar-refractivity contribution in [1.82, 2.24) is 5.32 Å². The van der Waals surface area contributed by atoms with Crippen molar-refractivity contribution in [3.63, 3.8) is 0 Å². The quantitative estimate of drug-likeness (QED) is 0.745. The van der Waals surface area contributed by atoms with Gasteiger partial charge in [0.05, 0.1) is 12.7 Å². The van der Waals surface area contributed by atoms with Gasteiger partial charge in [-0.15, -0.1) is 0 Å². The van der Waals surface area contributed by atoms with Crippen molar-refractivity contribution in [1.29, 1.82) is 0 Å². The number of halogens is 2. The standard InChI is InChI=1S/C18H23F2NO5/c1-11(16(22)21-13-6-4-3-5-7-13)25-17(23)12-8-9-14(26-18(19)20)15(10-12)24-2/h8-11,13,18H,3-7H2,1-2H3,(H,21,22). The molecule has 1 aliphatic carbocycles. The van der Waals surface area contributed by atoms with Crippen LogP contribution in [0.3, 0.4) is 0 Å². The molecule has 0 heterocycles. The van der Waals surface area contributed by atoms with E-state index in [0.29, 0.717) is 0 Å². The smallest absolute Gasteiger partial charge is 0.387 e. The molecule has 6 nitrogen and oxygen atoms in total. The van der Waals surface area contributed by atoms with Gasteiger partial charge in [-0.1, -0.05) is 19.3 Å². The van der Waals surface area contributed by atoms with E-state index in [-0.39, 0.29) is 29.0 Å². The second-order valence-electron chi connectivity index (χ2n) is 6.14. The molecule has 1 N–H and O–H groups in total. The van der Waals surface area contributed by atoms with Crippen LogP contribution in [0.1, 0.15) is 49.4 Å². The number of alkyl halides is 2. The van der Waals surface area contributed by atoms with Crippen LogP contribution < -0.4 is 14.8 Å². The molecule has 1 aromatic rings. The van der Waals surface area contributed by atoms with Gasteiger partial charge in [-0.3, -0.25) is 4.79 Å². The lowest BCUT2D eigenvalue weighted by atomic mass is 9.95. The van der Waals surface area contributed by atoms with Crippen LogP contribution in [0.2, 0.25) is 0 Å². The molecule has 8 heteroatoms. The van der Waals surface area contributed by atoms with Crippen LogP contribution in [-0.4, -0.2) is 37.7 Å². The number of benzene rings is 1. The van der Waals surface area contributed by atoms with Crippen LogP contribution in [-0.2, 0) is 9.53 Å². The molecule has 0 aromatic heterocycles. The normalized spacial score (nSPS) is 16.0. The van der Waals surface area contributed by atoms with Gasteiger partial charge in [0, 0.05) is 6.04 Å². The Morgan fingerprint density at radius 1 is 1.15 bits per heavy atom. The van der Waals surface area contributed by atoms with Crippen LogP contribution >= 0.6 is 0 Å². The van der Waals surface area contributed by atoms with E-state index in [2.05, 4.69) is 10.1 Å². The first-order chi connectivity index (χ1) is 12.4. The zero-order valence-electron chi connectivity index (χ0n) is 14.8. The van der Waals surface area contributed by atoms with Crippen molar-refractivity contribution in [2.24, 2.45) is 0 Å². The maximum absolute atomic E-state index is 12.3. The van der Waals surface area contributed by atoms with E-state index in [4.69, 9.17) is 9.47 Å². The van der Waals surface area contributed by atoms with Gasteiger partial charge in [-0.05, 0) is 38.0 Å². The summed E-state index contributed by atoms with van der Waals surface area (Å²) in [5.74, 6) is -1.32. The Balaban J connectivity index is 1.96. The summed E-state index contributed by atoms with van der Waals surface area (Å²) in [6, 6.07) is 3.80. The highest BCUT2D eigenvalue weighted by molar-refractivity contribution is 5.92. The van der Waals surface area contributed by atoms with Crippen molar-refractivity contribution in [2.75, 3.05) is 7.11 Å². The SMILES string of the molecule is COc1cc(C(=O)OC(C)C(=O)NC2CCCCC2)ccc1OC(F)F. The number of nitrogens with one attached hydrogen (secondary N) is 1. The van der Waals surface area contributed by atoms with Crippen LogP contribution in [0, 0.1) is 0 Å². The van der Waals surface area contributed by atoms with Crippen LogP contribution in [0.15, 0.2) is 18.2 Å². The summed E-state index contributed by atoms with van der Waals surface area (Å²) in [5.41, 5.74) is 0.0702. The number of ether oxygens (including phenoxy) is 3. The number of carbonyl (C=O) groups is 2. The molecule has 2 rings (SSSR count). The summed E-state index contributed by atoms with van der Waals surface area (Å²) < 4.78 is 39.1. The Kier molecular flexibility index (Phi) is 7.17. The molecule has 144 valence electrons. The molecule has 1 atom stereocenters. The molecular weight excluding hydrogens is 348 g/mol. The predicted molar refractivity (Wildman–Crippen MR) is 89.5 cm³/mol. The average molecular weight is 371 g/mol. The van der Waals surface area contributed by atoms with Crippen molar-refractivity contribution in [2.45, 2.75) is 57.8 Å².